The highest BCUT2D eigenvalue weighted by Gasteiger charge is 2.31. The molecule has 3 heterocycles. The monoisotopic (exact) mass is 546 g/mol. The molecule has 1 aliphatic heterocycles. The van der Waals surface area contributed by atoms with E-state index in [0.717, 1.165) is 5.56 Å². The number of hydrogen-bond acceptors (Lipinski definition) is 10. The summed E-state index contributed by atoms with van der Waals surface area (Å²) in [7, 11) is 1.57. The zero-order valence-corrected chi connectivity index (χ0v) is 22.1. The standard InChI is InChI=1S/C28H24N3O7S/c1-4-37-27(33)24-16(2)30-26(32)23(39-28(30)29-25(24)17-8-10-20(36-3)11-9-17)15-21-12-13-22(38-21)18-6-5-7-19(14-18)31(34)35/h5-15,25,34H,4H2,1-3H3/q-1/b23-15-. The molecule has 0 spiro atoms. The molecule has 5 rings (SSSR count). The average Bonchev–Trinajstić information content (AvgIpc) is 3.53. The quantitative estimate of drug-likeness (QED) is 0.273. The first-order chi connectivity index (χ1) is 18.8. The van der Waals surface area contributed by atoms with Crippen molar-refractivity contribution < 1.29 is 23.9 Å². The molecule has 1 unspecified atom stereocenters. The topological polar surface area (TPSA) is 130 Å². The van der Waals surface area contributed by atoms with E-state index < -0.39 is 12.0 Å². The minimum atomic E-state index is -0.657. The highest BCUT2D eigenvalue weighted by molar-refractivity contribution is 7.07. The molecule has 1 N–H and O–H groups in total. The van der Waals surface area contributed by atoms with Gasteiger partial charge in [0.2, 0.25) is 0 Å². The van der Waals surface area contributed by atoms with Crippen LogP contribution >= 0.6 is 11.3 Å². The molecule has 0 fully saturated rings. The van der Waals surface area contributed by atoms with Crippen LogP contribution < -0.4 is 24.9 Å². The van der Waals surface area contributed by atoms with Crippen LogP contribution in [0.4, 0.5) is 5.69 Å². The average molecular weight is 547 g/mol. The third kappa shape index (κ3) is 5.02. The summed E-state index contributed by atoms with van der Waals surface area (Å²) in [6, 6.07) is 16.3. The van der Waals surface area contributed by atoms with Crippen LogP contribution in [0.3, 0.4) is 0 Å². The number of allylic oxidation sites excluding steroid dienone is 1. The Kier molecular flexibility index (Phi) is 7.20. The minimum absolute atomic E-state index is 0.0614. The summed E-state index contributed by atoms with van der Waals surface area (Å²) in [6.45, 7) is 3.61. The van der Waals surface area contributed by atoms with Crippen molar-refractivity contribution in [3.8, 4) is 17.1 Å². The van der Waals surface area contributed by atoms with Gasteiger partial charge < -0.3 is 24.3 Å². The van der Waals surface area contributed by atoms with Gasteiger partial charge in [0.1, 0.15) is 27.8 Å². The van der Waals surface area contributed by atoms with Crippen molar-refractivity contribution in [1.29, 1.82) is 0 Å². The van der Waals surface area contributed by atoms with Crippen molar-refractivity contribution in [3.63, 3.8) is 0 Å². The van der Waals surface area contributed by atoms with E-state index >= 15 is 0 Å². The van der Waals surface area contributed by atoms with E-state index in [1.165, 1.54) is 28.0 Å². The van der Waals surface area contributed by atoms with Gasteiger partial charge >= 0.3 is 5.97 Å². The first-order valence-electron chi connectivity index (χ1n) is 12.0. The molecule has 2 aromatic carbocycles. The summed E-state index contributed by atoms with van der Waals surface area (Å²) in [5, 5.41) is 20.2. The number of methoxy groups -OCH3 is 1. The second kappa shape index (κ2) is 10.7. The maximum absolute atomic E-state index is 13.4. The zero-order chi connectivity index (χ0) is 27.7. The van der Waals surface area contributed by atoms with E-state index in [0.29, 0.717) is 37.9 Å². The molecule has 0 amide bonds. The lowest BCUT2D eigenvalue weighted by Crippen LogP contribution is -2.35. The summed E-state index contributed by atoms with van der Waals surface area (Å²) < 4.78 is 18.2. The second-order valence-electron chi connectivity index (χ2n) is 8.58. The Morgan fingerprint density at radius 2 is 2.00 bits per heavy atom. The van der Waals surface area contributed by atoms with Crippen LogP contribution in [0.1, 0.15) is 31.2 Å². The van der Waals surface area contributed by atoms with Gasteiger partial charge in [-0.25, -0.2) is 9.79 Å². The van der Waals surface area contributed by atoms with Crippen molar-refractivity contribution >= 4 is 34.8 Å². The summed E-state index contributed by atoms with van der Waals surface area (Å²) in [5.41, 5.74) is 1.80. The van der Waals surface area contributed by atoms with Crippen molar-refractivity contribution in [1.82, 2.24) is 4.57 Å². The molecular formula is C28H24N3O7S-. The fraction of sp³-hybridized carbons (Fsp3) is 0.179. The molecule has 2 aromatic heterocycles. The Morgan fingerprint density at radius 3 is 2.69 bits per heavy atom. The minimum Gasteiger partial charge on any atom is -0.733 e. The number of furan rings is 1. The van der Waals surface area contributed by atoms with Gasteiger partial charge in [-0.15, -0.1) is 0 Å². The number of carbonyl (C=O) groups excluding carboxylic acids is 1. The van der Waals surface area contributed by atoms with Gasteiger partial charge in [0.05, 0.1) is 25.0 Å². The van der Waals surface area contributed by atoms with Crippen LogP contribution in [0.2, 0.25) is 0 Å². The lowest BCUT2D eigenvalue weighted by Gasteiger charge is -2.22. The summed E-state index contributed by atoms with van der Waals surface area (Å²) in [6.07, 6.45) is 1.60. The van der Waals surface area contributed by atoms with E-state index in [9.17, 15) is 20.0 Å². The number of aromatic nitrogens is 1. The number of hydrogen-bond donors (Lipinski definition) is 1. The number of nitrogens with zero attached hydrogens (tertiary/aromatic N) is 3. The fourth-order valence-electron chi connectivity index (χ4n) is 4.34. The van der Waals surface area contributed by atoms with Gasteiger partial charge in [0, 0.05) is 17.3 Å². The number of thiazole rings is 1. The molecule has 0 aliphatic carbocycles. The van der Waals surface area contributed by atoms with E-state index in [2.05, 4.69) is 0 Å². The predicted octanol–water partition coefficient (Wildman–Crippen LogP) is 3.87. The van der Waals surface area contributed by atoms with Crippen LogP contribution in [-0.2, 0) is 9.53 Å². The van der Waals surface area contributed by atoms with Crippen molar-refractivity contribution in [3.05, 3.63) is 102 Å². The molecule has 1 atom stereocenters. The third-order valence-electron chi connectivity index (χ3n) is 6.22. The van der Waals surface area contributed by atoms with Gasteiger partial charge in [-0.05, 0) is 55.8 Å². The van der Waals surface area contributed by atoms with E-state index in [1.54, 1.807) is 63.4 Å². The van der Waals surface area contributed by atoms with Gasteiger partial charge in [-0.1, -0.05) is 35.6 Å². The van der Waals surface area contributed by atoms with Crippen LogP contribution in [0.25, 0.3) is 23.1 Å². The van der Waals surface area contributed by atoms with Crippen LogP contribution in [0.5, 0.6) is 5.75 Å². The van der Waals surface area contributed by atoms with Crippen molar-refractivity contribution in [2.75, 3.05) is 18.9 Å². The Bertz CT molecular complexity index is 1750. The van der Waals surface area contributed by atoms with Gasteiger partial charge in [-0.3, -0.25) is 14.6 Å². The molecule has 39 heavy (non-hydrogen) atoms. The smallest absolute Gasteiger partial charge is 0.338 e. The van der Waals surface area contributed by atoms with Gasteiger partial charge in [-0.2, -0.15) is 0 Å². The number of carbonyl (C=O) groups is 1. The number of ether oxygens (including phenoxy) is 2. The highest BCUT2D eigenvalue weighted by Crippen LogP contribution is 2.33. The first-order valence-corrected chi connectivity index (χ1v) is 12.8. The molecular weight excluding hydrogens is 522 g/mol. The zero-order valence-electron chi connectivity index (χ0n) is 21.3. The summed E-state index contributed by atoms with van der Waals surface area (Å²) >= 11 is 1.18. The molecule has 0 saturated heterocycles. The molecule has 11 heteroatoms. The summed E-state index contributed by atoms with van der Waals surface area (Å²) in [4.78, 5) is 31.7. The van der Waals surface area contributed by atoms with Gasteiger partial charge in [0.25, 0.3) is 5.56 Å². The summed E-state index contributed by atoms with van der Waals surface area (Å²) in [5.74, 6) is 1.00. The molecule has 10 nitrogen and oxygen atoms in total. The number of fused-ring (bicyclic) bond motifs is 1. The number of benzene rings is 2. The van der Waals surface area contributed by atoms with E-state index in [-0.39, 0.29) is 28.7 Å². The Morgan fingerprint density at radius 1 is 1.23 bits per heavy atom. The molecule has 4 aromatic rings. The number of esters is 1. The normalized spacial score (nSPS) is 15.1. The largest absolute Gasteiger partial charge is 0.733 e. The SMILES string of the molecule is CCOC(=O)C1=C(C)n2c(s/c(=C\c3ccc(-c4cccc(N([O-])O)c4)o3)c2=O)=NC1c1ccc(OC)cc1. The molecule has 0 radical (unpaired) electrons. The Hall–Kier alpha value is -4.45. The lowest BCUT2D eigenvalue weighted by atomic mass is 9.96. The Labute approximate surface area is 226 Å². The van der Waals surface area contributed by atoms with Crippen LogP contribution in [0, 0.1) is 5.21 Å². The molecule has 0 bridgehead atoms. The van der Waals surface area contributed by atoms with Crippen LogP contribution in [-0.4, -0.2) is 29.5 Å². The first kappa shape index (κ1) is 26.2. The van der Waals surface area contributed by atoms with E-state index in [4.69, 9.17) is 18.9 Å². The highest BCUT2D eigenvalue weighted by atomic mass is 32.1. The number of anilines is 1. The molecule has 200 valence electrons. The van der Waals surface area contributed by atoms with Gasteiger partial charge in [0.15, 0.2) is 4.80 Å². The van der Waals surface area contributed by atoms with Crippen molar-refractivity contribution in [2.24, 2.45) is 4.99 Å². The third-order valence-corrected chi connectivity index (χ3v) is 7.21. The Balaban J connectivity index is 1.60. The second-order valence-corrected chi connectivity index (χ2v) is 9.59. The maximum Gasteiger partial charge on any atom is 0.338 e. The van der Waals surface area contributed by atoms with E-state index in [1.807, 2.05) is 12.1 Å². The van der Waals surface area contributed by atoms with Crippen molar-refractivity contribution in [2.45, 2.75) is 19.9 Å². The molecule has 0 saturated carbocycles. The van der Waals surface area contributed by atoms with Crippen LogP contribution in [0.15, 0.2) is 80.4 Å². The number of rotatable bonds is 7. The lowest BCUT2D eigenvalue weighted by molar-refractivity contribution is -0.138. The fourth-order valence-corrected chi connectivity index (χ4v) is 5.36. The maximum atomic E-state index is 13.4. The molecule has 1 aliphatic rings. The predicted molar refractivity (Wildman–Crippen MR) is 146 cm³/mol.